The van der Waals surface area contributed by atoms with Crippen molar-refractivity contribution in [3.63, 3.8) is 0 Å². The molecule has 180 valence electrons. The summed E-state index contributed by atoms with van der Waals surface area (Å²) in [5.41, 5.74) is 4.59. The first-order valence-electron chi connectivity index (χ1n) is 12.2. The second-order valence-corrected chi connectivity index (χ2v) is 9.52. The molecule has 0 aliphatic carbocycles. The Morgan fingerprint density at radius 3 is 2.31 bits per heavy atom. The molecule has 0 fully saturated rings. The van der Waals surface area contributed by atoms with E-state index in [1.165, 1.54) is 5.56 Å². The third-order valence-corrected chi connectivity index (χ3v) is 6.50. The second kappa shape index (κ2) is 10.3. The van der Waals surface area contributed by atoms with Crippen LogP contribution >= 0.6 is 0 Å². The van der Waals surface area contributed by atoms with E-state index >= 15 is 0 Å². The van der Waals surface area contributed by atoms with E-state index in [0.29, 0.717) is 23.3 Å². The summed E-state index contributed by atoms with van der Waals surface area (Å²) in [5.74, 6) is 0.445. The number of benzene rings is 3. The van der Waals surface area contributed by atoms with E-state index in [2.05, 4.69) is 18.2 Å². The Morgan fingerprint density at radius 2 is 1.63 bits per heavy atom. The molecule has 35 heavy (non-hydrogen) atoms. The Balaban J connectivity index is 1.88. The molecule has 1 atom stereocenters. The molecular weight excluding hydrogens is 434 g/mol. The highest BCUT2D eigenvalue weighted by molar-refractivity contribution is 5.80. The van der Waals surface area contributed by atoms with Gasteiger partial charge in [0, 0.05) is 12.5 Å². The molecule has 0 radical (unpaired) electrons. The normalized spacial score (nSPS) is 12.2. The summed E-state index contributed by atoms with van der Waals surface area (Å²) in [7, 11) is 0. The highest BCUT2D eigenvalue weighted by atomic mass is 16.2. The Labute approximate surface area is 207 Å². The molecule has 0 bridgehead atoms. The number of aromatic nitrogens is 2. The zero-order chi connectivity index (χ0) is 25.1. The summed E-state index contributed by atoms with van der Waals surface area (Å²) in [4.78, 5) is 34.0. The number of carbonyl (C=O) groups excluding carboxylic acids is 1. The van der Waals surface area contributed by atoms with Crippen LogP contribution in [0.5, 0.6) is 0 Å². The van der Waals surface area contributed by atoms with Gasteiger partial charge in [0.15, 0.2) is 0 Å². The van der Waals surface area contributed by atoms with Gasteiger partial charge < -0.3 is 4.90 Å². The van der Waals surface area contributed by atoms with Gasteiger partial charge in [0.05, 0.1) is 22.6 Å². The Hall–Kier alpha value is -3.73. The van der Waals surface area contributed by atoms with Crippen LogP contribution in [0.25, 0.3) is 16.6 Å². The lowest BCUT2D eigenvalue weighted by atomic mass is 10.1. The van der Waals surface area contributed by atoms with Gasteiger partial charge in [-0.05, 0) is 56.5 Å². The standard InChI is InChI=1S/C30H33N3O2/c1-20(2)29(34)32(18-17-24-11-7-6-8-12-24)23(5)28-31-26-14-10-9-13-25(26)30(35)33(28)27-16-15-21(3)19-22(27)4/h6-16,19-20,23H,17-18H2,1-5H3. The minimum absolute atomic E-state index is 0.0445. The molecule has 0 aliphatic rings. The number of aryl methyl sites for hydroxylation is 2. The minimum Gasteiger partial charge on any atom is -0.332 e. The van der Waals surface area contributed by atoms with Crippen LogP contribution < -0.4 is 5.56 Å². The van der Waals surface area contributed by atoms with Crippen molar-refractivity contribution in [2.24, 2.45) is 5.92 Å². The molecule has 5 heteroatoms. The molecule has 0 saturated carbocycles. The molecule has 1 amide bonds. The molecule has 0 saturated heterocycles. The van der Waals surface area contributed by atoms with E-state index in [-0.39, 0.29) is 17.4 Å². The Kier molecular flexibility index (Phi) is 7.15. The number of hydrogen-bond donors (Lipinski definition) is 0. The molecule has 0 spiro atoms. The Morgan fingerprint density at radius 1 is 0.943 bits per heavy atom. The van der Waals surface area contributed by atoms with Gasteiger partial charge >= 0.3 is 0 Å². The maximum atomic E-state index is 13.8. The molecule has 4 aromatic rings. The van der Waals surface area contributed by atoms with Gasteiger partial charge in [-0.2, -0.15) is 0 Å². The number of amides is 1. The number of carbonyl (C=O) groups is 1. The number of fused-ring (bicyclic) bond motifs is 1. The fourth-order valence-corrected chi connectivity index (χ4v) is 4.58. The lowest BCUT2D eigenvalue weighted by Gasteiger charge is -2.32. The SMILES string of the molecule is Cc1ccc(-n2c(C(C)N(CCc3ccccc3)C(=O)C(C)C)nc3ccccc3c2=O)c(C)c1. The highest BCUT2D eigenvalue weighted by Crippen LogP contribution is 2.26. The fraction of sp³-hybridized carbons (Fsp3) is 0.300. The lowest BCUT2D eigenvalue weighted by molar-refractivity contribution is -0.136. The van der Waals surface area contributed by atoms with Gasteiger partial charge in [-0.15, -0.1) is 0 Å². The minimum atomic E-state index is -0.397. The van der Waals surface area contributed by atoms with Gasteiger partial charge in [-0.1, -0.05) is 74.0 Å². The average Bonchev–Trinajstić information content (AvgIpc) is 2.85. The summed E-state index contributed by atoms with van der Waals surface area (Å²) in [6, 6.07) is 23.2. The summed E-state index contributed by atoms with van der Waals surface area (Å²) in [5, 5.41) is 0.564. The van der Waals surface area contributed by atoms with Crippen molar-refractivity contribution in [2.45, 2.75) is 47.1 Å². The largest absolute Gasteiger partial charge is 0.332 e. The van der Waals surface area contributed by atoms with Crippen LogP contribution in [0.15, 0.2) is 77.6 Å². The number of rotatable bonds is 7. The molecule has 0 aliphatic heterocycles. The van der Waals surface area contributed by atoms with E-state index < -0.39 is 6.04 Å². The van der Waals surface area contributed by atoms with Crippen LogP contribution in [-0.2, 0) is 11.2 Å². The van der Waals surface area contributed by atoms with Crippen LogP contribution in [0.1, 0.15) is 49.3 Å². The van der Waals surface area contributed by atoms with Crippen molar-refractivity contribution in [1.82, 2.24) is 14.5 Å². The third-order valence-electron chi connectivity index (χ3n) is 6.50. The third kappa shape index (κ3) is 5.04. The second-order valence-electron chi connectivity index (χ2n) is 9.52. The van der Waals surface area contributed by atoms with E-state index in [1.807, 2.05) is 94.1 Å². The number of para-hydroxylation sites is 1. The first-order valence-corrected chi connectivity index (χ1v) is 12.2. The maximum absolute atomic E-state index is 13.8. The van der Waals surface area contributed by atoms with Gasteiger partial charge in [0.1, 0.15) is 5.82 Å². The van der Waals surface area contributed by atoms with E-state index in [9.17, 15) is 9.59 Å². The summed E-state index contributed by atoms with van der Waals surface area (Å²) >= 11 is 0. The van der Waals surface area contributed by atoms with Gasteiger partial charge in [-0.3, -0.25) is 14.2 Å². The van der Waals surface area contributed by atoms with Crippen LogP contribution in [0.3, 0.4) is 0 Å². The topological polar surface area (TPSA) is 55.2 Å². The van der Waals surface area contributed by atoms with Gasteiger partial charge in [0.25, 0.3) is 5.56 Å². The predicted molar refractivity (Wildman–Crippen MR) is 142 cm³/mol. The molecule has 5 nitrogen and oxygen atoms in total. The van der Waals surface area contributed by atoms with E-state index in [4.69, 9.17) is 4.98 Å². The first kappa shape index (κ1) is 24.4. The molecule has 4 rings (SSSR count). The summed E-state index contributed by atoms with van der Waals surface area (Å²) in [6.07, 6.45) is 0.727. The molecule has 1 heterocycles. The van der Waals surface area contributed by atoms with Crippen molar-refractivity contribution in [3.8, 4) is 5.69 Å². The zero-order valence-electron chi connectivity index (χ0n) is 21.2. The monoisotopic (exact) mass is 467 g/mol. The maximum Gasteiger partial charge on any atom is 0.266 e. The van der Waals surface area contributed by atoms with Gasteiger partial charge in [0.2, 0.25) is 5.91 Å². The molecule has 0 N–H and O–H groups in total. The fourth-order valence-electron chi connectivity index (χ4n) is 4.58. The van der Waals surface area contributed by atoms with Crippen molar-refractivity contribution < 1.29 is 4.79 Å². The van der Waals surface area contributed by atoms with Crippen LogP contribution in [0.2, 0.25) is 0 Å². The predicted octanol–water partition coefficient (Wildman–Crippen LogP) is 5.79. The summed E-state index contributed by atoms with van der Waals surface area (Å²) < 4.78 is 1.70. The zero-order valence-corrected chi connectivity index (χ0v) is 21.2. The number of nitrogens with zero attached hydrogens (tertiary/aromatic N) is 3. The van der Waals surface area contributed by atoms with Gasteiger partial charge in [-0.25, -0.2) is 4.98 Å². The van der Waals surface area contributed by atoms with Crippen LogP contribution in [0, 0.1) is 19.8 Å². The van der Waals surface area contributed by atoms with Crippen molar-refractivity contribution in [3.05, 3.63) is 106 Å². The Bertz CT molecular complexity index is 1410. The van der Waals surface area contributed by atoms with Crippen molar-refractivity contribution in [1.29, 1.82) is 0 Å². The first-order chi connectivity index (χ1) is 16.8. The lowest BCUT2D eigenvalue weighted by Crippen LogP contribution is -2.40. The summed E-state index contributed by atoms with van der Waals surface area (Å²) in [6.45, 7) is 10.4. The van der Waals surface area contributed by atoms with E-state index in [1.54, 1.807) is 4.57 Å². The molecule has 1 unspecified atom stereocenters. The van der Waals surface area contributed by atoms with E-state index in [0.717, 1.165) is 23.2 Å². The van der Waals surface area contributed by atoms with Crippen molar-refractivity contribution in [2.75, 3.05) is 6.54 Å². The highest BCUT2D eigenvalue weighted by Gasteiger charge is 2.28. The van der Waals surface area contributed by atoms with Crippen molar-refractivity contribution >= 4 is 16.8 Å². The molecular formula is C30H33N3O2. The van der Waals surface area contributed by atoms with Crippen LogP contribution in [0.4, 0.5) is 0 Å². The molecule has 1 aromatic heterocycles. The average molecular weight is 468 g/mol. The van der Waals surface area contributed by atoms with Crippen LogP contribution in [-0.4, -0.2) is 26.9 Å². The smallest absolute Gasteiger partial charge is 0.266 e. The quantitative estimate of drug-likeness (QED) is 0.346. The molecule has 3 aromatic carbocycles. The number of hydrogen-bond acceptors (Lipinski definition) is 3.